The van der Waals surface area contributed by atoms with Crippen LogP contribution < -0.4 is 5.32 Å². The summed E-state index contributed by atoms with van der Waals surface area (Å²) >= 11 is 0. The van der Waals surface area contributed by atoms with Crippen molar-refractivity contribution in [2.24, 2.45) is 0 Å². The molecule has 1 saturated carbocycles. The molecule has 0 spiro atoms. The molecule has 1 rings (SSSR count). The third-order valence-corrected chi connectivity index (χ3v) is 6.48. The molecule has 3 heteroatoms. The molecule has 0 heterocycles. The highest BCUT2D eigenvalue weighted by Gasteiger charge is 2.16. The van der Waals surface area contributed by atoms with Crippen LogP contribution in [0.15, 0.2) is 12.0 Å². The molecule has 0 aromatic heterocycles. The van der Waals surface area contributed by atoms with E-state index in [1.807, 2.05) is 0 Å². The topological polar surface area (TPSA) is 15.3 Å². The van der Waals surface area contributed by atoms with E-state index in [0.29, 0.717) is 0 Å². The van der Waals surface area contributed by atoms with Crippen LogP contribution in [0.3, 0.4) is 0 Å². The van der Waals surface area contributed by atoms with Gasteiger partial charge in [0.25, 0.3) is 0 Å². The van der Waals surface area contributed by atoms with Crippen molar-refractivity contribution < 1.29 is 0 Å². The number of rotatable bonds is 7. The van der Waals surface area contributed by atoms with Crippen molar-refractivity contribution in [2.45, 2.75) is 71.5 Å². The van der Waals surface area contributed by atoms with Gasteiger partial charge in [0.1, 0.15) is 0 Å². The Morgan fingerprint density at radius 1 is 1.17 bits per heavy atom. The third kappa shape index (κ3) is 5.28. The van der Waals surface area contributed by atoms with Crippen LogP contribution in [0.4, 0.5) is 0 Å². The fourth-order valence-corrected chi connectivity index (χ4v) is 4.75. The Hall–Kier alpha value is -0.0700. The molecule has 0 radical (unpaired) electrons. The molecular formula is C15H31N2P. The van der Waals surface area contributed by atoms with Crippen LogP contribution in [0.1, 0.15) is 59.8 Å². The Bertz CT molecular complexity index is 231. The van der Waals surface area contributed by atoms with Crippen LogP contribution in [0, 0.1) is 0 Å². The quantitative estimate of drug-likeness (QED) is 0.684. The summed E-state index contributed by atoms with van der Waals surface area (Å²) in [6.45, 7) is 11.5. The molecule has 0 saturated heterocycles. The fourth-order valence-electron chi connectivity index (χ4n) is 2.67. The fraction of sp³-hybridized carbons (Fsp3) is 0.867. The predicted molar refractivity (Wildman–Crippen MR) is 84.1 cm³/mol. The van der Waals surface area contributed by atoms with Crippen LogP contribution in [0.5, 0.6) is 0 Å². The van der Waals surface area contributed by atoms with Gasteiger partial charge < -0.3 is 5.32 Å². The molecule has 1 aliphatic carbocycles. The van der Waals surface area contributed by atoms with E-state index in [9.17, 15) is 0 Å². The normalized spacial score (nSPS) is 19.9. The first-order valence-corrected chi connectivity index (χ1v) is 9.08. The molecule has 0 aromatic rings. The van der Waals surface area contributed by atoms with E-state index >= 15 is 0 Å². The summed E-state index contributed by atoms with van der Waals surface area (Å²) in [4.78, 5) is 0. The van der Waals surface area contributed by atoms with Crippen molar-refractivity contribution in [3.8, 4) is 0 Å². The number of hydrogen-bond acceptors (Lipinski definition) is 2. The molecule has 0 bridgehead atoms. The molecule has 1 fully saturated rings. The predicted octanol–water partition coefficient (Wildman–Crippen LogP) is 4.53. The Balaban J connectivity index is 2.43. The van der Waals surface area contributed by atoms with Gasteiger partial charge >= 0.3 is 0 Å². The van der Waals surface area contributed by atoms with Crippen LogP contribution in [0.2, 0.25) is 0 Å². The molecule has 0 aromatic carbocycles. The van der Waals surface area contributed by atoms with Gasteiger partial charge in [0.2, 0.25) is 0 Å². The lowest BCUT2D eigenvalue weighted by Gasteiger charge is -2.30. The third-order valence-electron chi connectivity index (χ3n) is 3.75. The molecule has 1 aliphatic rings. The van der Waals surface area contributed by atoms with Crippen molar-refractivity contribution in [3.05, 3.63) is 12.0 Å². The van der Waals surface area contributed by atoms with Gasteiger partial charge in [-0.3, -0.25) is 4.67 Å². The smallest absolute Gasteiger partial charge is 0.0255 e. The van der Waals surface area contributed by atoms with Crippen molar-refractivity contribution >= 4 is 8.07 Å². The second kappa shape index (κ2) is 8.93. The zero-order valence-corrected chi connectivity index (χ0v) is 13.5. The van der Waals surface area contributed by atoms with Gasteiger partial charge in [-0.1, -0.05) is 47.0 Å². The largest absolute Gasteiger partial charge is 0.388 e. The molecule has 1 atom stereocenters. The lowest BCUT2D eigenvalue weighted by atomic mass is 9.96. The molecule has 1 N–H and O–H groups in total. The minimum absolute atomic E-state index is 0.120. The summed E-state index contributed by atoms with van der Waals surface area (Å²) in [7, 11) is -0.120. The van der Waals surface area contributed by atoms with Gasteiger partial charge in [0, 0.05) is 6.04 Å². The first-order valence-electron chi connectivity index (χ1n) is 7.64. The van der Waals surface area contributed by atoms with Gasteiger partial charge in [-0.25, -0.2) is 0 Å². The zero-order chi connectivity index (χ0) is 13.4. The highest BCUT2D eigenvalue weighted by molar-refractivity contribution is 7.59. The molecular weight excluding hydrogens is 239 g/mol. The Morgan fingerprint density at radius 2 is 1.78 bits per heavy atom. The van der Waals surface area contributed by atoms with E-state index in [0.717, 1.165) is 24.8 Å². The Kier molecular flexibility index (Phi) is 7.93. The Labute approximate surface area is 115 Å². The van der Waals surface area contributed by atoms with Crippen LogP contribution in [0.25, 0.3) is 0 Å². The molecule has 18 heavy (non-hydrogen) atoms. The minimum Gasteiger partial charge on any atom is -0.388 e. The number of nitrogens with one attached hydrogen (secondary N) is 1. The van der Waals surface area contributed by atoms with Gasteiger partial charge in [-0.15, -0.1) is 0 Å². The summed E-state index contributed by atoms with van der Waals surface area (Å²) in [5, 5.41) is 3.62. The average Bonchev–Trinajstić information content (AvgIpc) is 2.39. The maximum absolute atomic E-state index is 3.62. The number of hydrogen-bond donors (Lipinski definition) is 1. The SMILES string of the molecule is CCN(CC)P(/C=C/NC1CCCCC1)C(C)C. The van der Waals surface area contributed by atoms with Crippen LogP contribution in [-0.4, -0.2) is 29.5 Å². The summed E-state index contributed by atoms with van der Waals surface area (Å²) in [5.74, 6) is 2.43. The monoisotopic (exact) mass is 270 g/mol. The van der Waals surface area contributed by atoms with E-state index in [1.165, 1.54) is 32.1 Å². The van der Waals surface area contributed by atoms with E-state index in [4.69, 9.17) is 0 Å². The van der Waals surface area contributed by atoms with Gasteiger partial charge in [-0.2, -0.15) is 0 Å². The van der Waals surface area contributed by atoms with Crippen molar-refractivity contribution in [1.82, 2.24) is 9.99 Å². The van der Waals surface area contributed by atoms with Crippen LogP contribution in [-0.2, 0) is 0 Å². The highest BCUT2D eigenvalue weighted by atomic mass is 31.1. The maximum atomic E-state index is 3.62. The van der Waals surface area contributed by atoms with E-state index in [1.54, 1.807) is 0 Å². The highest BCUT2D eigenvalue weighted by Crippen LogP contribution is 2.45. The van der Waals surface area contributed by atoms with Gasteiger partial charge in [0.15, 0.2) is 0 Å². The molecule has 1 unspecified atom stereocenters. The van der Waals surface area contributed by atoms with E-state index < -0.39 is 0 Å². The zero-order valence-electron chi connectivity index (χ0n) is 12.7. The molecule has 106 valence electrons. The van der Waals surface area contributed by atoms with Gasteiger partial charge in [0.05, 0.1) is 0 Å². The lowest BCUT2D eigenvalue weighted by Crippen LogP contribution is -2.26. The van der Waals surface area contributed by atoms with Gasteiger partial charge in [-0.05, 0) is 51.7 Å². The Morgan fingerprint density at radius 3 is 2.28 bits per heavy atom. The summed E-state index contributed by atoms with van der Waals surface area (Å²) < 4.78 is 2.60. The second-order valence-electron chi connectivity index (χ2n) is 5.43. The van der Waals surface area contributed by atoms with Crippen molar-refractivity contribution in [1.29, 1.82) is 0 Å². The van der Waals surface area contributed by atoms with Crippen molar-refractivity contribution in [3.63, 3.8) is 0 Å². The van der Waals surface area contributed by atoms with E-state index in [-0.39, 0.29) is 8.07 Å². The maximum Gasteiger partial charge on any atom is 0.0255 e. The standard InChI is InChI=1S/C15H31N2P/c1-5-17(6-2)18(14(3)4)13-12-16-15-10-8-7-9-11-15/h12-16H,5-11H2,1-4H3/b13-12+. The molecule has 2 nitrogen and oxygen atoms in total. The average molecular weight is 270 g/mol. The first kappa shape index (κ1) is 16.0. The summed E-state index contributed by atoms with van der Waals surface area (Å²) in [6.07, 6.45) is 9.20. The summed E-state index contributed by atoms with van der Waals surface area (Å²) in [6, 6.07) is 0.732. The first-order chi connectivity index (χ1) is 8.69. The van der Waals surface area contributed by atoms with Crippen molar-refractivity contribution in [2.75, 3.05) is 13.1 Å². The molecule has 0 amide bonds. The van der Waals surface area contributed by atoms with Crippen LogP contribution >= 0.6 is 8.07 Å². The summed E-state index contributed by atoms with van der Waals surface area (Å²) in [5.41, 5.74) is 0.740. The second-order valence-corrected chi connectivity index (χ2v) is 8.09. The number of nitrogens with zero attached hydrogens (tertiary/aromatic N) is 1. The minimum atomic E-state index is -0.120. The molecule has 0 aliphatic heterocycles. The lowest BCUT2D eigenvalue weighted by molar-refractivity contribution is 0.404. The van der Waals surface area contributed by atoms with E-state index in [2.05, 4.69) is 49.7 Å².